The third-order valence-electron chi connectivity index (χ3n) is 3.81. The number of carbonyl (C=O) groups is 2. The zero-order valence-corrected chi connectivity index (χ0v) is 14.3. The molecule has 1 aromatic carbocycles. The molecular weight excluding hydrogens is 328 g/mol. The van der Waals surface area contributed by atoms with E-state index in [9.17, 15) is 9.59 Å². The van der Waals surface area contributed by atoms with Crippen molar-refractivity contribution in [3.63, 3.8) is 0 Å². The van der Waals surface area contributed by atoms with E-state index in [-0.39, 0.29) is 18.2 Å². The summed E-state index contributed by atoms with van der Waals surface area (Å²) < 4.78 is 4.98. The molecule has 1 fully saturated rings. The smallest absolute Gasteiger partial charge is 0.231 e. The van der Waals surface area contributed by atoms with Crippen LogP contribution in [-0.2, 0) is 20.9 Å². The van der Waals surface area contributed by atoms with Crippen LogP contribution < -0.4 is 10.2 Å². The van der Waals surface area contributed by atoms with Gasteiger partial charge in [-0.25, -0.2) is 0 Å². The van der Waals surface area contributed by atoms with Crippen LogP contribution in [0, 0.1) is 12.8 Å². The normalized spacial score (nSPS) is 17.3. The van der Waals surface area contributed by atoms with Crippen molar-refractivity contribution in [3.8, 4) is 0 Å². The third-order valence-corrected chi connectivity index (χ3v) is 4.62. The largest absolute Gasteiger partial charge is 0.377 e. The van der Waals surface area contributed by atoms with Gasteiger partial charge in [0.2, 0.25) is 16.9 Å². The minimum atomic E-state index is -0.395. The van der Waals surface area contributed by atoms with Crippen LogP contribution in [0.5, 0.6) is 0 Å². The molecule has 0 spiro atoms. The Hall–Kier alpha value is -2.32. The van der Waals surface area contributed by atoms with Gasteiger partial charge in [-0.05, 0) is 19.1 Å². The fourth-order valence-electron chi connectivity index (χ4n) is 2.55. The maximum atomic E-state index is 12.4. The second kappa shape index (κ2) is 7.06. The fraction of sp³-hybridized carbons (Fsp3) is 0.375. The maximum Gasteiger partial charge on any atom is 0.231 e. The van der Waals surface area contributed by atoms with Crippen LogP contribution >= 0.6 is 11.3 Å². The summed E-state index contributed by atoms with van der Waals surface area (Å²) in [5.41, 5.74) is 1.95. The van der Waals surface area contributed by atoms with E-state index in [4.69, 9.17) is 4.74 Å². The number of nitrogens with one attached hydrogen (secondary N) is 1. The SMILES string of the molecule is COCc1nnc(NC(=O)C2CC(=O)N(c3ccc(C)cc3)C2)s1. The summed E-state index contributed by atoms with van der Waals surface area (Å²) in [6.07, 6.45) is 0.198. The standard InChI is InChI=1S/C16H18N4O3S/c1-10-3-5-12(6-4-10)20-8-11(7-14(20)21)15(22)17-16-19-18-13(24-16)9-23-2/h3-6,11H,7-9H2,1-2H3,(H,17,19,22). The highest BCUT2D eigenvalue weighted by molar-refractivity contribution is 7.15. The van der Waals surface area contributed by atoms with Crippen LogP contribution in [-0.4, -0.2) is 35.7 Å². The highest BCUT2D eigenvalue weighted by Gasteiger charge is 2.35. The lowest BCUT2D eigenvalue weighted by Gasteiger charge is -2.16. The molecule has 3 rings (SSSR count). The molecule has 2 heterocycles. The number of hydrogen-bond donors (Lipinski definition) is 1. The second-order valence-corrected chi connectivity index (χ2v) is 6.73. The molecule has 2 aromatic rings. The lowest BCUT2D eigenvalue weighted by atomic mass is 10.1. The van der Waals surface area contributed by atoms with Crippen molar-refractivity contribution in [2.24, 2.45) is 5.92 Å². The van der Waals surface area contributed by atoms with Gasteiger partial charge in [0.15, 0.2) is 0 Å². The van der Waals surface area contributed by atoms with Crippen molar-refractivity contribution in [2.45, 2.75) is 20.0 Å². The Morgan fingerprint density at radius 1 is 1.38 bits per heavy atom. The van der Waals surface area contributed by atoms with Crippen molar-refractivity contribution in [3.05, 3.63) is 34.8 Å². The quantitative estimate of drug-likeness (QED) is 0.895. The molecule has 1 atom stereocenters. The first-order chi connectivity index (χ1) is 11.6. The summed E-state index contributed by atoms with van der Waals surface area (Å²) in [5, 5.41) is 11.7. The molecule has 0 bridgehead atoms. The Labute approximate surface area is 143 Å². The van der Waals surface area contributed by atoms with Gasteiger partial charge < -0.3 is 15.0 Å². The van der Waals surface area contributed by atoms with E-state index in [1.807, 2.05) is 31.2 Å². The molecule has 1 N–H and O–H groups in total. The minimum Gasteiger partial charge on any atom is -0.377 e. The molecule has 0 radical (unpaired) electrons. The Bertz CT molecular complexity index is 744. The van der Waals surface area contributed by atoms with E-state index in [0.717, 1.165) is 11.3 Å². The topological polar surface area (TPSA) is 84.4 Å². The Morgan fingerprint density at radius 3 is 2.83 bits per heavy atom. The van der Waals surface area contributed by atoms with Gasteiger partial charge in [-0.2, -0.15) is 0 Å². The number of aromatic nitrogens is 2. The van der Waals surface area contributed by atoms with E-state index < -0.39 is 5.92 Å². The first-order valence-corrected chi connectivity index (χ1v) is 8.37. The molecule has 126 valence electrons. The molecule has 1 aliphatic heterocycles. The maximum absolute atomic E-state index is 12.4. The van der Waals surface area contributed by atoms with Crippen LogP contribution in [0.3, 0.4) is 0 Å². The lowest BCUT2D eigenvalue weighted by Crippen LogP contribution is -2.28. The van der Waals surface area contributed by atoms with Crippen LogP contribution in [0.1, 0.15) is 17.0 Å². The van der Waals surface area contributed by atoms with Gasteiger partial charge in [0, 0.05) is 25.8 Å². The summed E-state index contributed by atoms with van der Waals surface area (Å²) >= 11 is 1.27. The minimum absolute atomic E-state index is 0.0451. The monoisotopic (exact) mass is 346 g/mol. The number of benzene rings is 1. The van der Waals surface area contributed by atoms with E-state index >= 15 is 0 Å². The predicted octanol–water partition coefficient (Wildman–Crippen LogP) is 1.98. The molecule has 1 saturated heterocycles. The van der Waals surface area contributed by atoms with E-state index in [1.165, 1.54) is 11.3 Å². The molecule has 0 saturated carbocycles. The average molecular weight is 346 g/mol. The summed E-state index contributed by atoms with van der Waals surface area (Å²) in [6, 6.07) is 7.70. The van der Waals surface area contributed by atoms with Gasteiger partial charge in [-0.1, -0.05) is 29.0 Å². The van der Waals surface area contributed by atoms with Crippen molar-refractivity contribution >= 4 is 34.0 Å². The van der Waals surface area contributed by atoms with Gasteiger partial charge in [0.25, 0.3) is 0 Å². The summed E-state index contributed by atoms with van der Waals surface area (Å²) in [5.74, 6) is -0.650. The molecule has 1 aromatic heterocycles. The summed E-state index contributed by atoms with van der Waals surface area (Å²) in [4.78, 5) is 26.2. The van der Waals surface area contributed by atoms with Gasteiger partial charge in [0.05, 0.1) is 5.92 Å². The number of amides is 2. The van der Waals surface area contributed by atoms with Crippen molar-refractivity contribution in [1.29, 1.82) is 0 Å². The highest BCUT2D eigenvalue weighted by atomic mass is 32.1. The Kier molecular flexibility index (Phi) is 4.86. The molecule has 0 aliphatic carbocycles. The zero-order chi connectivity index (χ0) is 17.1. The number of aryl methyl sites for hydroxylation is 1. The molecular formula is C16H18N4O3S. The number of carbonyl (C=O) groups excluding carboxylic acids is 2. The lowest BCUT2D eigenvalue weighted by molar-refractivity contribution is -0.122. The molecule has 7 nitrogen and oxygen atoms in total. The number of ether oxygens (including phenoxy) is 1. The molecule has 2 amide bonds. The van der Waals surface area contributed by atoms with Gasteiger partial charge in [0.1, 0.15) is 11.6 Å². The van der Waals surface area contributed by atoms with Crippen LogP contribution in [0.25, 0.3) is 0 Å². The average Bonchev–Trinajstić information content (AvgIpc) is 3.15. The van der Waals surface area contributed by atoms with Crippen LogP contribution in [0.4, 0.5) is 10.8 Å². The van der Waals surface area contributed by atoms with E-state index in [2.05, 4.69) is 15.5 Å². The molecule has 24 heavy (non-hydrogen) atoms. The first kappa shape index (κ1) is 16.5. The van der Waals surface area contributed by atoms with Gasteiger partial charge in [-0.15, -0.1) is 10.2 Å². The number of rotatable bonds is 5. The number of hydrogen-bond acceptors (Lipinski definition) is 6. The Morgan fingerprint density at radius 2 is 2.12 bits per heavy atom. The summed E-state index contributed by atoms with van der Waals surface area (Å²) in [7, 11) is 1.57. The highest BCUT2D eigenvalue weighted by Crippen LogP contribution is 2.26. The number of methoxy groups -OCH3 is 1. The number of anilines is 2. The zero-order valence-electron chi connectivity index (χ0n) is 13.5. The molecule has 1 aliphatic rings. The summed E-state index contributed by atoms with van der Waals surface area (Å²) in [6.45, 7) is 2.72. The number of nitrogens with zero attached hydrogens (tertiary/aromatic N) is 3. The van der Waals surface area contributed by atoms with Crippen molar-refractivity contribution in [1.82, 2.24) is 10.2 Å². The van der Waals surface area contributed by atoms with Crippen LogP contribution in [0.15, 0.2) is 24.3 Å². The van der Waals surface area contributed by atoms with Crippen molar-refractivity contribution in [2.75, 3.05) is 23.9 Å². The second-order valence-electron chi connectivity index (χ2n) is 5.66. The van der Waals surface area contributed by atoms with Gasteiger partial charge in [-0.3, -0.25) is 9.59 Å². The van der Waals surface area contributed by atoms with Gasteiger partial charge >= 0.3 is 0 Å². The fourth-order valence-corrected chi connectivity index (χ4v) is 3.27. The third kappa shape index (κ3) is 3.60. The van der Waals surface area contributed by atoms with E-state index in [0.29, 0.717) is 23.3 Å². The van der Waals surface area contributed by atoms with Crippen molar-refractivity contribution < 1.29 is 14.3 Å². The molecule has 8 heteroatoms. The predicted molar refractivity (Wildman–Crippen MR) is 90.9 cm³/mol. The first-order valence-electron chi connectivity index (χ1n) is 7.56. The van der Waals surface area contributed by atoms with E-state index in [1.54, 1.807) is 12.0 Å². The Balaban J connectivity index is 1.64. The molecule has 1 unspecified atom stereocenters. The van der Waals surface area contributed by atoms with Crippen LogP contribution in [0.2, 0.25) is 0 Å².